The fourth-order valence-corrected chi connectivity index (χ4v) is 1.68. The van der Waals surface area contributed by atoms with Crippen LogP contribution in [-0.4, -0.2) is 16.4 Å². The molecule has 1 aromatic heterocycles. The van der Waals surface area contributed by atoms with Gasteiger partial charge in [-0.1, -0.05) is 29.4 Å². The third kappa shape index (κ3) is 3.43. The summed E-state index contributed by atoms with van der Waals surface area (Å²) in [7, 11) is 0. The van der Waals surface area contributed by atoms with Gasteiger partial charge >= 0.3 is 12.1 Å². The molecule has 0 aliphatic heterocycles. The van der Waals surface area contributed by atoms with E-state index < -0.39 is 12.1 Å². The molecule has 1 N–H and O–H groups in total. The molecule has 0 atom stereocenters. The van der Waals surface area contributed by atoms with Gasteiger partial charge in [-0.15, -0.1) is 0 Å². The van der Waals surface area contributed by atoms with Gasteiger partial charge in [0.1, 0.15) is 0 Å². The monoisotopic (exact) mass is 283 g/mol. The highest BCUT2D eigenvalue weighted by Crippen LogP contribution is 2.29. The second-order valence-corrected chi connectivity index (χ2v) is 4.21. The lowest BCUT2D eigenvalue weighted by Crippen LogP contribution is -2.04. The molecule has 20 heavy (non-hydrogen) atoms. The molecule has 2 aromatic rings. The highest BCUT2D eigenvalue weighted by atomic mass is 19.4. The van der Waals surface area contributed by atoms with Crippen molar-refractivity contribution in [1.29, 1.82) is 5.41 Å². The minimum absolute atomic E-state index is 0.0802. The molecule has 7 heteroatoms. The molecule has 0 unspecified atom stereocenters. The molecule has 0 aliphatic carbocycles. The third-order valence-electron chi connectivity index (χ3n) is 2.69. The van der Waals surface area contributed by atoms with Crippen LogP contribution in [0.15, 0.2) is 28.8 Å². The number of hydrogen-bond acceptors (Lipinski definition) is 4. The summed E-state index contributed by atoms with van der Waals surface area (Å²) in [6.45, 7) is 0. The van der Waals surface area contributed by atoms with Crippen molar-refractivity contribution in [3.8, 4) is 11.4 Å². The molecule has 0 saturated carbocycles. The number of nitrogens with one attached hydrogen (secondary N) is 1. The average Bonchev–Trinajstić information content (AvgIpc) is 2.89. The van der Waals surface area contributed by atoms with Crippen LogP contribution in [0.1, 0.15) is 24.3 Å². The smallest absolute Gasteiger partial charge is 0.329 e. The van der Waals surface area contributed by atoms with Crippen LogP contribution in [0.4, 0.5) is 13.2 Å². The van der Waals surface area contributed by atoms with Crippen LogP contribution in [-0.2, 0) is 12.6 Å². The first kappa shape index (κ1) is 14.2. The van der Waals surface area contributed by atoms with Gasteiger partial charge in [-0.2, -0.15) is 18.2 Å². The summed E-state index contributed by atoms with van der Waals surface area (Å²) >= 11 is 0. The Hall–Kier alpha value is -2.18. The van der Waals surface area contributed by atoms with Crippen molar-refractivity contribution in [2.24, 2.45) is 0 Å². The van der Waals surface area contributed by atoms with E-state index in [1.165, 1.54) is 6.21 Å². The largest absolute Gasteiger partial charge is 0.471 e. The Labute approximate surface area is 113 Å². The van der Waals surface area contributed by atoms with E-state index in [9.17, 15) is 13.2 Å². The Morgan fingerprint density at radius 1 is 1.20 bits per heavy atom. The lowest BCUT2D eigenvalue weighted by Gasteiger charge is -2.00. The zero-order chi connectivity index (χ0) is 14.6. The molecule has 1 aromatic carbocycles. The first-order valence-electron chi connectivity index (χ1n) is 6.00. The minimum atomic E-state index is -4.63. The molecule has 0 aliphatic rings. The molecular formula is C13H12F3N3O. The number of aryl methyl sites for hydroxylation is 1. The average molecular weight is 283 g/mol. The van der Waals surface area contributed by atoms with Gasteiger partial charge in [0.05, 0.1) is 0 Å². The molecule has 0 bridgehead atoms. The normalized spacial score (nSPS) is 11.6. The predicted molar refractivity (Wildman–Crippen MR) is 66.5 cm³/mol. The van der Waals surface area contributed by atoms with Crippen molar-refractivity contribution < 1.29 is 17.7 Å². The first-order valence-corrected chi connectivity index (χ1v) is 6.00. The summed E-state index contributed by atoms with van der Waals surface area (Å²) in [5.41, 5.74) is 1.52. The summed E-state index contributed by atoms with van der Waals surface area (Å²) in [6, 6.07) is 6.93. The Morgan fingerprint density at radius 3 is 2.45 bits per heavy atom. The number of alkyl halides is 3. The fourth-order valence-electron chi connectivity index (χ4n) is 1.68. The number of unbranched alkanes of at least 4 members (excludes halogenated alkanes) is 1. The van der Waals surface area contributed by atoms with Crippen LogP contribution in [0.25, 0.3) is 11.4 Å². The highest BCUT2D eigenvalue weighted by molar-refractivity contribution is 5.55. The van der Waals surface area contributed by atoms with E-state index in [1.54, 1.807) is 12.1 Å². The Balaban J connectivity index is 2.09. The van der Waals surface area contributed by atoms with Crippen LogP contribution < -0.4 is 0 Å². The predicted octanol–water partition coefficient (Wildman–Crippen LogP) is 3.73. The van der Waals surface area contributed by atoms with Crippen molar-refractivity contribution in [1.82, 2.24) is 10.1 Å². The maximum atomic E-state index is 12.3. The van der Waals surface area contributed by atoms with E-state index in [0.717, 1.165) is 18.4 Å². The van der Waals surface area contributed by atoms with E-state index in [2.05, 4.69) is 14.7 Å². The second-order valence-electron chi connectivity index (χ2n) is 4.21. The number of nitrogens with zero attached hydrogens (tertiary/aromatic N) is 2. The van der Waals surface area contributed by atoms with Gasteiger partial charge in [-0.05, 0) is 31.0 Å². The van der Waals surface area contributed by atoms with Crippen molar-refractivity contribution in [3.63, 3.8) is 0 Å². The van der Waals surface area contributed by atoms with Gasteiger partial charge in [0.15, 0.2) is 0 Å². The lowest BCUT2D eigenvalue weighted by atomic mass is 10.1. The Kier molecular flexibility index (Phi) is 4.16. The number of hydrogen-bond donors (Lipinski definition) is 1. The molecule has 0 spiro atoms. The molecule has 0 fully saturated rings. The van der Waals surface area contributed by atoms with Crippen molar-refractivity contribution in [2.75, 3.05) is 0 Å². The second kappa shape index (κ2) is 5.85. The summed E-state index contributed by atoms with van der Waals surface area (Å²) < 4.78 is 41.2. The van der Waals surface area contributed by atoms with E-state index in [1.807, 2.05) is 12.1 Å². The quantitative estimate of drug-likeness (QED) is 0.671. The van der Waals surface area contributed by atoms with E-state index >= 15 is 0 Å². The molecule has 106 valence electrons. The van der Waals surface area contributed by atoms with Gasteiger partial charge in [-0.25, -0.2) is 0 Å². The molecule has 0 amide bonds. The summed E-state index contributed by atoms with van der Waals surface area (Å²) in [4.78, 5) is 3.32. The van der Waals surface area contributed by atoms with Crippen LogP contribution in [0, 0.1) is 5.41 Å². The SMILES string of the molecule is N=CCCCc1ccc(-c2noc(C(F)(F)F)n2)cc1. The van der Waals surface area contributed by atoms with Gasteiger partial charge in [-0.3, -0.25) is 0 Å². The van der Waals surface area contributed by atoms with E-state index in [0.29, 0.717) is 12.0 Å². The summed E-state index contributed by atoms with van der Waals surface area (Å²) in [5, 5.41) is 10.2. The maximum Gasteiger partial charge on any atom is 0.471 e. The summed E-state index contributed by atoms with van der Waals surface area (Å²) in [5.74, 6) is -1.43. The fraction of sp³-hybridized carbons (Fsp3) is 0.308. The molecule has 4 nitrogen and oxygen atoms in total. The van der Waals surface area contributed by atoms with E-state index in [4.69, 9.17) is 5.41 Å². The van der Waals surface area contributed by atoms with Crippen LogP contribution in [0.5, 0.6) is 0 Å². The van der Waals surface area contributed by atoms with Crippen molar-refractivity contribution in [2.45, 2.75) is 25.4 Å². The minimum Gasteiger partial charge on any atom is -0.329 e. The molecule has 1 heterocycles. The Morgan fingerprint density at radius 2 is 1.90 bits per heavy atom. The van der Waals surface area contributed by atoms with Crippen molar-refractivity contribution in [3.05, 3.63) is 35.7 Å². The maximum absolute atomic E-state index is 12.3. The zero-order valence-electron chi connectivity index (χ0n) is 10.4. The molecule has 2 rings (SSSR count). The number of benzene rings is 1. The summed E-state index contributed by atoms with van der Waals surface area (Å²) in [6.07, 6.45) is -0.884. The lowest BCUT2D eigenvalue weighted by molar-refractivity contribution is -0.159. The van der Waals surface area contributed by atoms with Crippen molar-refractivity contribution >= 4 is 6.21 Å². The molecule has 0 saturated heterocycles. The number of aromatic nitrogens is 2. The third-order valence-corrected chi connectivity index (χ3v) is 2.69. The first-order chi connectivity index (χ1) is 9.50. The van der Waals surface area contributed by atoms with Crippen LogP contribution in [0.3, 0.4) is 0 Å². The standard InChI is InChI=1S/C13H12F3N3O/c14-13(15,16)12-18-11(19-20-12)10-6-4-9(5-7-10)3-1-2-8-17/h4-8,17H,1-3H2. The zero-order valence-corrected chi connectivity index (χ0v) is 10.4. The van der Waals surface area contributed by atoms with Crippen LogP contribution in [0.2, 0.25) is 0 Å². The Bertz CT molecular complexity index is 575. The van der Waals surface area contributed by atoms with Gasteiger partial charge in [0, 0.05) is 5.56 Å². The topological polar surface area (TPSA) is 62.8 Å². The van der Waals surface area contributed by atoms with E-state index in [-0.39, 0.29) is 5.82 Å². The molecular weight excluding hydrogens is 271 g/mol. The van der Waals surface area contributed by atoms with Gasteiger partial charge in [0.2, 0.25) is 5.82 Å². The number of rotatable bonds is 5. The van der Waals surface area contributed by atoms with Crippen LogP contribution >= 0.6 is 0 Å². The molecule has 0 radical (unpaired) electrons. The number of halogens is 3. The van der Waals surface area contributed by atoms with Gasteiger partial charge in [0.25, 0.3) is 0 Å². The highest BCUT2D eigenvalue weighted by Gasteiger charge is 2.38. The van der Waals surface area contributed by atoms with Gasteiger partial charge < -0.3 is 9.93 Å².